The van der Waals surface area contributed by atoms with E-state index in [4.69, 9.17) is 0 Å². The number of amides is 4. The van der Waals surface area contributed by atoms with Crippen LogP contribution in [0.3, 0.4) is 0 Å². The van der Waals surface area contributed by atoms with Gasteiger partial charge in [0.1, 0.15) is 5.92 Å². The molecule has 1 rings (SSSR count). The van der Waals surface area contributed by atoms with E-state index in [9.17, 15) is 14.4 Å². The van der Waals surface area contributed by atoms with Crippen LogP contribution in [0.4, 0.5) is 4.79 Å². The zero-order valence-electron chi connectivity index (χ0n) is 10.5. The molecule has 0 radical (unpaired) electrons. The summed E-state index contributed by atoms with van der Waals surface area (Å²) in [6.07, 6.45) is 1.92. The molecule has 1 saturated heterocycles. The Morgan fingerprint density at radius 2 is 1.88 bits per heavy atom. The first-order valence-corrected chi connectivity index (χ1v) is 6.86. The van der Waals surface area contributed by atoms with E-state index in [1.165, 1.54) is 0 Å². The van der Waals surface area contributed by atoms with Gasteiger partial charge in [0.2, 0.25) is 11.8 Å². The number of imide groups is 2. The predicted molar refractivity (Wildman–Crippen MR) is 66.6 cm³/mol. The van der Waals surface area contributed by atoms with E-state index >= 15 is 0 Å². The van der Waals surface area contributed by atoms with Crippen molar-refractivity contribution in [2.45, 2.75) is 26.0 Å². The minimum Gasteiger partial charge on any atom is -0.277 e. The molecule has 0 saturated carbocycles. The van der Waals surface area contributed by atoms with Crippen molar-refractivity contribution in [3.05, 3.63) is 0 Å². The van der Waals surface area contributed by atoms with Crippen molar-refractivity contribution < 1.29 is 14.4 Å². The number of nitrogens with one attached hydrogen (secondary N) is 1. The molecule has 1 aliphatic rings. The maximum Gasteiger partial charge on any atom is 0.330 e. The van der Waals surface area contributed by atoms with Crippen LogP contribution in [0.1, 0.15) is 20.8 Å². The fourth-order valence-electron chi connectivity index (χ4n) is 1.72. The molecule has 2 atom stereocenters. The number of nitrogens with zero attached hydrogens (tertiary/aromatic N) is 1. The molecule has 0 aromatic heterocycles. The number of urea groups is 1. The van der Waals surface area contributed by atoms with Crippen LogP contribution in [0.5, 0.6) is 0 Å². The molecule has 96 valence electrons. The predicted octanol–water partition coefficient (Wildman–Crippen LogP) is 1.09. The standard InChI is InChI=1S/C11H18N2O3S/c1-6(2)8-9(14)12-11(16)13(10(8)15)5-7(3)17-4/h6-8H,5H2,1-4H3,(H,12,14,16). The van der Waals surface area contributed by atoms with Crippen LogP contribution in [0.25, 0.3) is 0 Å². The zero-order chi connectivity index (χ0) is 13.2. The Morgan fingerprint density at radius 3 is 2.35 bits per heavy atom. The molecule has 0 aromatic rings. The molecule has 1 N–H and O–H groups in total. The average Bonchev–Trinajstić information content (AvgIpc) is 2.22. The Bertz CT molecular complexity index is 344. The summed E-state index contributed by atoms with van der Waals surface area (Å²) in [7, 11) is 0. The summed E-state index contributed by atoms with van der Waals surface area (Å²) in [5.74, 6) is -1.72. The summed E-state index contributed by atoms with van der Waals surface area (Å²) in [4.78, 5) is 36.4. The van der Waals surface area contributed by atoms with E-state index in [2.05, 4.69) is 5.32 Å². The second-order valence-electron chi connectivity index (χ2n) is 4.51. The van der Waals surface area contributed by atoms with Gasteiger partial charge < -0.3 is 0 Å². The third-order valence-corrected chi connectivity index (χ3v) is 3.75. The molecule has 1 aliphatic heterocycles. The normalized spacial score (nSPS) is 23.0. The molecule has 0 bridgehead atoms. The lowest BCUT2D eigenvalue weighted by Gasteiger charge is -2.32. The lowest BCUT2D eigenvalue weighted by Crippen LogP contribution is -2.60. The van der Waals surface area contributed by atoms with E-state index < -0.39 is 17.9 Å². The van der Waals surface area contributed by atoms with Gasteiger partial charge in [-0.2, -0.15) is 11.8 Å². The maximum atomic E-state index is 12.1. The minimum absolute atomic E-state index is 0.109. The fourth-order valence-corrected chi connectivity index (χ4v) is 2.02. The zero-order valence-corrected chi connectivity index (χ0v) is 11.3. The number of carbonyl (C=O) groups excluding carboxylic acids is 3. The van der Waals surface area contributed by atoms with Gasteiger partial charge in [-0.3, -0.25) is 19.8 Å². The van der Waals surface area contributed by atoms with Gasteiger partial charge in [-0.25, -0.2) is 4.79 Å². The molecule has 6 heteroatoms. The summed E-state index contributed by atoms with van der Waals surface area (Å²) in [5.41, 5.74) is 0. The number of barbiturate groups is 1. The molecule has 4 amide bonds. The summed E-state index contributed by atoms with van der Waals surface area (Å²) in [5, 5.41) is 2.40. The molecule has 17 heavy (non-hydrogen) atoms. The number of hydrogen-bond donors (Lipinski definition) is 1. The van der Waals surface area contributed by atoms with E-state index in [0.717, 1.165) is 4.90 Å². The highest BCUT2D eigenvalue weighted by atomic mass is 32.2. The highest BCUT2D eigenvalue weighted by Crippen LogP contribution is 2.20. The van der Waals surface area contributed by atoms with Gasteiger partial charge in [-0.05, 0) is 12.2 Å². The van der Waals surface area contributed by atoms with Crippen LogP contribution in [0, 0.1) is 11.8 Å². The topological polar surface area (TPSA) is 66.5 Å². The van der Waals surface area contributed by atoms with Crippen LogP contribution in [-0.2, 0) is 9.59 Å². The van der Waals surface area contributed by atoms with Gasteiger partial charge in [0.25, 0.3) is 0 Å². The molecule has 1 heterocycles. The van der Waals surface area contributed by atoms with Crippen molar-refractivity contribution in [2.75, 3.05) is 12.8 Å². The lowest BCUT2D eigenvalue weighted by molar-refractivity contribution is -0.144. The number of hydrogen-bond acceptors (Lipinski definition) is 4. The third kappa shape index (κ3) is 3.00. The highest BCUT2D eigenvalue weighted by Gasteiger charge is 2.42. The Kier molecular flexibility index (Phi) is 4.56. The van der Waals surface area contributed by atoms with Crippen molar-refractivity contribution in [3.63, 3.8) is 0 Å². The van der Waals surface area contributed by atoms with E-state index in [1.807, 2.05) is 13.2 Å². The molecule has 0 aromatic carbocycles. The van der Waals surface area contributed by atoms with Gasteiger partial charge in [0.15, 0.2) is 0 Å². The van der Waals surface area contributed by atoms with Gasteiger partial charge in [-0.15, -0.1) is 0 Å². The molecule has 0 aliphatic carbocycles. The van der Waals surface area contributed by atoms with E-state index in [-0.39, 0.29) is 17.1 Å². The summed E-state index contributed by atoms with van der Waals surface area (Å²) in [6.45, 7) is 5.87. The van der Waals surface area contributed by atoms with Crippen LogP contribution in [0.2, 0.25) is 0 Å². The highest BCUT2D eigenvalue weighted by molar-refractivity contribution is 7.99. The van der Waals surface area contributed by atoms with Crippen LogP contribution in [0.15, 0.2) is 0 Å². The summed E-state index contributed by atoms with van der Waals surface area (Å²) < 4.78 is 0. The second-order valence-corrected chi connectivity index (χ2v) is 5.79. The molecule has 0 spiro atoms. The number of rotatable bonds is 4. The Hall–Kier alpha value is -1.04. The van der Waals surface area contributed by atoms with E-state index in [1.54, 1.807) is 25.6 Å². The van der Waals surface area contributed by atoms with Gasteiger partial charge >= 0.3 is 6.03 Å². The van der Waals surface area contributed by atoms with E-state index in [0.29, 0.717) is 6.54 Å². The van der Waals surface area contributed by atoms with Crippen LogP contribution >= 0.6 is 11.8 Å². The van der Waals surface area contributed by atoms with Crippen molar-refractivity contribution in [3.8, 4) is 0 Å². The first-order chi connectivity index (χ1) is 7.88. The fraction of sp³-hybridized carbons (Fsp3) is 0.727. The van der Waals surface area contributed by atoms with Gasteiger partial charge in [0.05, 0.1) is 0 Å². The molecular formula is C11H18N2O3S. The van der Waals surface area contributed by atoms with Crippen LogP contribution < -0.4 is 5.32 Å². The summed E-state index contributed by atoms with van der Waals surface area (Å²) >= 11 is 1.57. The second kappa shape index (κ2) is 5.53. The minimum atomic E-state index is -0.748. The van der Waals surface area contributed by atoms with Crippen LogP contribution in [-0.4, -0.2) is 40.8 Å². The van der Waals surface area contributed by atoms with Crippen molar-refractivity contribution >= 4 is 29.6 Å². The Morgan fingerprint density at radius 1 is 1.29 bits per heavy atom. The first-order valence-electron chi connectivity index (χ1n) is 5.57. The van der Waals surface area contributed by atoms with Gasteiger partial charge in [0, 0.05) is 11.8 Å². The first kappa shape index (κ1) is 14.0. The lowest BCUT2D eigenvalue weighted by atomic mass is 9.92. The van der Waals surface area contributed by atoms with Gasteiger partial charge in [-0.1, -0.05) is 20.8 Å². The SMILES string of the molecule is CSC(C)CN1C(=O)NC(=O)C(C(C)C)C1=O. The number of carbonyl (C=O) groups is 3. The van der Waals surface area contributed by atoms with Crippen molar-refractivity contribution in [1.82, 2.24) is 10.2 Å². The van der Waals surface area contributed by atoms with Crippen molar-refractivity contribution in [1.29, 1.82) is 0 Å². The molecular weight excluding hydrogens is 240 g/mol. The third-order valence-electron chi connectivity index (χ3n) is 2.80. The Balaban J connectivity index is 2.86. The monoisotopic (exact) mass is 258 g/mol. The molecule has 1 fully saturated rings. The largest absolute Gasteiger partial charge is 0.330 e. The maximum absolute atomic E-state index is 12.1. The quantitative estimate of drug-likeness (QED) is 0.766. The summed E-state index contributed by atoms with van der Waals surface area (Å²) in [6, 6.07) is -0.599. The smallest absolute Gasteiger partial charge is 0.277 e. The average molecular weight is 258 g/mol. The number of thioether (sulfide) groups is 1. The van der Waals surface area contributed by atoms with Crippen molar-refractivity contribution in [2.24, 2.45) is 11.8 Å². The Labute approximate surface area is 105 Å². The molecule has 5 nitrogen and oxygen atoms in total. The molecule has 2 unspecified atom stereocenters.